The van der Waals surface area contributed by atoms with E-state index in [0.29, 0.717) is 0 Å². The fraction of sp³-hybridized carbons (Fsp3) is 0.294. The standard InChI is InChI=1S/C17H20N2O/c1-11-4-3-5-12(2)16(11)17(19-18)14-6-7-15-13(10-14)8-9-20-15/h3-7,10,17,19H,8-9,18H2,1-2H3. The van der Waals surface area contributed by atoms with E-state index >= 15 is 0 Å². The first kappa shape index (κ1) is 13.2. The molecular formula is C17H20N2O. The topological polar surface area (TPSA) is 47.3 Å². The average Bonchev–Trinajstić information content (AvgIpc) is 2.90. The van der Waals surface area contributed by atoms with Gasteiger partial charge in [-0.25, -0.2) is 5.43 Å². The Morgan fingerprint density at radius 1 is 1.15 bits per heavy atom. The fourth-order valence-corrected chi connectivity index (χ4v) is 3.01. The van der Waals surface area contributed by atoms with Crippen molar-refractivity contribution in [1.29, 1.82) is 0 Å². The summed E-state index contributed by atoms with van der Waals surface area (Å²) in [5.41, 5.74) is 9.19. The van der Waals surface area contributed by atoms with E-state index in [2.05, 4.69) is 55.7 Å². The third-order valence-electron chi connectivity index (χ3n) is 4.04. The van der Waals surface area contributed by atoms with Gasteiger partial charge in [0.1, 0.15) is 5.75 Å². The molecule has 3 heteroatoms. The van der Waals surface area contributed by atoms with Crippen LogP contribution in [0.25, 0.3) is 0 Å². The minimum Gasteiger partial charge on any atom is -0.493 e. The lowest BCUT2D eigenvalue weighted by Crippen LogP contribution is -2.30. The SMILES string of the molecule is Cc1cccc(C)c1C(NN)c1ccc2c(c1)CCO2. The first-order valence-corrected chi connectivity index (χ1v) is 6.98. The molecule has 0 spiro atoms. The molecule has 3 rings (SSSR count). The van der Waals surface area contributed by atoms with E-state index < -0.39 is 0 Å². The van der Waals surface area contributed by atoms with Gasteiger partial charge >= 0.3 is 0 Å². The Labute approximate surface area is 119 Å². The van der Waals surface area contributed by atoms with Gasteiger partial charge in [-0.1, -0.05) is 30.3 Å². The van der Waals surface area contributed by atoms with Crippen LogP contribution in [0.5, 0.6) is 5.75 Å². The molecule has 0 saturated heterocycles. The Bertz CT molecular complexity index is 617. The van der Waals surface area contributed by atoms with Gasteiger partial charge in [-0.3, -0.25) is 5.84 Å². The van der Waals surface area contributed by atoms with Crippen LogP contribution in [0.4, 0.5) is 0 Å². The molecule has 0 bridgehead atoms. The van der Waals surface area contributed by atoms with Crippen molar-refractivity contribution in [3.8, 4) is 5.75 Å². The molecule has 0 amide bonds. The number of benzene rings is 2. The Morgan fingerprint density at radius 3 is 2.60 bits per heavy atom. The molecule has 3 nitrogen and oxygen atoms in total. The molecule has 1 unspecified atom stereocenters. The molecule has 3 N–H and O–H groups in total. The zero-order valence-electron chi connectivity index (χ0n) is 11.9. The summed E-state index contributed by atoms with van der Waals surface area (Å²) in [6, 6.07) is 12.7. The van der Waals surface area contributed by atoms with Crippen LogP contribution in [0, 0.1) is 13.8 Å². The Balaban J connectivity index is 2.06. The van der Waals surface area contributed by atoms with Crippen molar-refractivity contribution in [2.24, 2.45) is 5.84 Å². The van der Waals surface area contributed by atoms with Crippen LogP contribution < -0.4 is 16.0 Å². The van der Waals surface area contributed by atoms with E-state index in [1.54, 1.807) is 0 Å². The van der Waals surface area contributed by atoms with Crippen LogP contribution in [0.3, 0.4) is 0 Å². The van der Waals surface area contributed by atoms with Gasteiger partial charge in [0.2, 0.25) is 0 Å². The van der Waals surface area contributed by atoms with E-state index in [9.17, 15) is 0 Å². The third kappa shape index (κ3) is 2.19. The second kappa shape index (κ2) is 5.27. The highest BCUT2D eigenvalue weighted by Crippen LogP contribution is 2.32. The Kier molecular flexibility index (Phi) is 3.47. The summed E-state index contributed by atoms with van der Waals surface area (Å²) >= 11 is 0. The van der Waals surface area contributed by atoms with Gasteiger partial charge in [0.25, 0.3) is 0 Å². The predicted molar refractivity (Wildman–Crippen MR) is 80.7 cm³/mol. The third-order valence-corrected chi connectivity index (χ3v) is 4.04. The maximum atomic E-state index is 5.84. The van der Waals surface area contributed by atoms with E-state index in [1.807, 2.05) is 0 Å². The van der Waals surface area contributed by atoms with Crippen LogP contribution in [0.15, 0.2) is 36.4 Å². The number of hydrogen-bond donors (Lipinski definition) is 2. The number of nitrogens with two attached hydrogens (primary N) is 1. The summed E-state index contributed by atoms with van der Waals surface area (Å²) in [4.78, 5) is 0. The lowest BCUT2D eigenvalue weighted by molar-refractivity contribution is 0.357. The van der Waals surface area contributed by atoms with E-state index in [1.165, 1.54) is 27.8 Å². The number of nitrogens with one attached hydrogen (secondary N) is 1. The average molecular weight is 268 g/mol. The first-order chi connectivity index (χ1) is 9.70. The molecule has 0 aliphatic carbocycles. The number of ether oxygens (including phenoxy) is 1. The van der Waals surface area contributed by atoms with Gasteiger partial charge in [0.05, 0.1) is 12.6 Å². The summed E-state index contributed by atoms with van der Waals surface area (Å²) in [6.45, 7) is 5.04. The minimum absolute atomic E-state index is 0.0158. The number of hydrogen-bond acceptors (Lipinski definition) is 3. The number of hydrazine groups is 1. The van der Waals surface area contributed by atoms with Crippen LogP contribution in [0.1, 0.15) is 33.9 Å². The Hall–Kier alpha value is -1.84. The molecular weight excluding hydrogens is 248 g/mol. The zero-order chi connectivity index (χ0) is 14.1. The molecule has 0 fully saturated rings. The van der Waals surface area contributed by atoms with Crippen molar-refractivity contribution in [2.75, 3.05) is 6.61 Å². The van der Waals surface area contributed by atoms with Crippen molar-refractivity contribution < 1.29 is 4.74 Å². The second-order valence-electron chi connectivity index (χ2n) is 5.37. The summed E-state index contributed by atoms with van der Waals surface area (Å²) in [7, 11) is 0. The van der Waals surface area contributed by atoms with Gasteiger partial charge in [0, 0.05) is 6.42 Å². The van der Waals surface area contributed by atoms with Gasteiger partial charge in [-0.05, 0) is 47.7 Å². The van der Waals surface area contributed by atoms with Crippen molar-refractivity contribution >= 4 is 0 Å². The second-order valence-corrected chi connectivity index (χ2v) is 5.37. The van der Waals surface area contributed by atoms with Crippen molar-refractivity contribution in [1.82, 2.24) is 5.43 Å². The summed E-state index contributed by atoms with van der Waals surface area (Å²) < 4.78 is 5.57. The quantitative estimate of drug-likeness (QED) is 0.664. The molecule has 1 atom stereocenters. The molecule has 104 valence electrons. The highest BCUT2D eigenvalue weighted by atomic mass is 16.5. The summed E-state index contributed by atoms with van der Waals surface area (Å²) in [5.74, 6) is 6.84. The van der Waals surface area contributed by atoms with Crippen LogP contribution in [-0.2, 0) is 6.42 Å². The van der Waals surface area contributed by atoms with Crippen LogP contribution in [-0.4, -0.2) is 6.61 Å². The number of aryl methyl sites for hydroxylation is 2. The molecule has 2 aromatic rings. The molecule has 0 saturated carbocycles. The lowest BCUT2D eigenvalue weighted by atomic mass is 9.91. The maximum absolute atomic E-state index is 5.84. The molecule has 1 aliphatic heterocycles. The number of rotatable bonds is 3. The monoisotopic (exact) mass is 268 g/mol. The maximum Gasteiger partial charge on any atom is 0.122 e. The predicted octanol–water partition coefficient (Wildman–Crippen LogP) is 2.79. The smallest absolute Gasteiger partial charge is 0.122 e. The summed E-state index contributed by atoms with van der Waals surface area (Å²) in [6.07, 6.45) is 0.979. The normalized spacial score (nSPS) is 14.8. The van der Waals surface area contributed by atoms with Gasteiger partial charge < -0.3 is 4.74 Å². The highest BCUT2D eigenvalue weighted by molar-refractivity contribution is 5.46. The van der Waals surface area contributed by atoms with E-state index in [-0.39, 0.29) is 6.04 Å². The molecule has 2 aromatic carbocycles. The molecule has 0 radical (unpaired) electrons. The molecule has 1 aliphatic rings. The van der Waals surface area contributed by atoms with Crippen molar-refractivity contribution in [2.45, 2.75) is 26.3 Å². The van der Waals surface area contributed by atoms with Gasteiger partial charge in [-0.2, -0.15) is 0 Å². The van der Waals surface area contributed by atoms with Crippen molar-refractivity contribution in [3.63, 3.8) is 0 Å². The first-order valence-electron chi connectivity index (χ1n) is 6.98. The van der Waals surface area contributed by atoms with E-state index in [4.69, 9.17) is 10.6 Å². The van der Waals surface area contributed by atoms with Crippen molar-refractivity contribution in [3.05, 3.63) is 64.2 Å². The molecule has 1 heterocycles. The Morgan fingerprint density at radius 2 is 1.90 bits per heavy atom. The van der Waals surface area contributed by atoms with E-state index in [0.717, 1.165) is 18.8 Å². The summed E-state index contributed by atoms with van der Waals surface area (Å²) in [5, 5.41) is 0. The highest BCUT2D eigenvalue weighted by Gasteiger charge is 2.20. The number of fused-ring (bicyclic) bond motifs is 1. The fourth-order valence-electron chi connectivity index (χ4n) is 3.01. The largest absolute Gasteiger partial charge is 0.493 e. The lowest BCUT2D eigenvalue weighted by Gasteiger charge is -2.22. The van der Waals surface area contributed by atoms with Gasteiger partial charge in [0.15, 0.2) is 0 Å². The van der Waals surface area contributed by atoms with Crippen LogP contribution >= 0.6 is 0 Å². The van der Waals surface area contributed by atoms with Gasteiger partial charge in [-0.15, -0.1) is 0 Å². The zero-order valence-corrected chi connectivity index (χ0v) is 11.9. The minimum atomic E-state index is 0.0158. The van der Waals surface area contributed by atoms with Crippen LogP contribution in [0.2, 0.25) is 0 Å². The molecule has 20 heavy (non-hydrogen) atoms. The molecule has 0 aromatic heterocycles.